The highest BCUT2D eigenvalue weighted by Gasteiger charge is 2.21. The van der Waals surface area contributed by atoms with E-state index in [4.69, 9.17) is 0 Å². The number of fused-ring (bicyclic) bond motifs is 1. The van der Waals surface area contributed by atoms with Crippen molar-refractivity contribution in [3.8, 4) is 0 Å². The van der Waals surface area contributed by atoms with Crippen LogP contribution < -0.4 is 15.5 Å². The molecule has 0 radical (unpaired) electrons. The molecule has 2 rings (SSSR count). The molecular formula is C16H25N3O. The third-order valence-corrected chi connectivity index (χ3v) is 3.90. The highest BCUT2D eigenvalue weighted by molar-refractivity contribution is 5.76. The molecule has 2 N–H and O–H groups in total. The van der Waals surface area contributed by atoms with E-state index < -0.39 is 0 Å². The highest BCUT2D eigenvalue weighted by Crippen LogP contribution is 2.32. The molecule has 1 aromatic rings. The number of hydrogen-bond acceptors (Lipinski definition) is 3. The van der Waals surface area contributed by atoms with Gasteiger partial charge >= 0.3 is 0 Å². The van der Waals surface area contributed by atoms with Crippen LogP contribution in [-0.4, -0.2) is 32.6 Å². The third kappa shape index (κ3) is 3.51. The van der Waals surface area contributed by atoms with E-state index in [-0.39, 0.29) is 5.91 Å². The lowest BCUT2D eigenvalue weighted by Crippen LogP contribution is -2.31. The first kappa shape index (κ1) is 14.9. The van der Waals surface area contributed by atoms with Crippen LogP contribution in [0.15, 0.2) is 24.3 Å². The van der Waals surface area contributed by atoms with Gasteiger partial charge in [-0.05, 0) is 38.4 Å². The number of benzene rings is 1. The van der Waals surface area contributed by atoms with E-state index >= 15 is 0 Å². The lowest BCUT2D eigenvalue weighted by Gasteiger charge is -2.25. The minimum Gasteiger partial charge on any atom is -0.371 e. The van der Waals surface area contributed by atoms with Gasteiger partial charge in [-0.3, -0.25) is 4.79 Å². The molecule has 110 valence electrons. The van der Waals surface area contributed by atoms with Gasteiger partial charge in [0.15, 0.2) is 0 Å². The molecule has 1 heterocycles. The monoisotopic (exact) mass is 275 g/mol. The molecule has 1 aliphatic rings. The third-order valence-electron chi connectivity index (χ3n) is 3.90. The fraction of sp³-hybridized carbons (Fsp3) is 0.562. The predicted octanol–water partition coefficient (Wildman–Crippen LogP) is 2.07. The van der Waals surface area contributed by atoms with Gasteiger partial charge in [0.25, 0.3) is 0 Å². The fourth-order valence-corrected chi connectivity index (χ4v) is 2.89. The van der Waals surface area contributed by atoms with Crippen molar-refractivity contribution in [3.05, 3.63) is 29.8 Å². The fourth-order valence-electron chi connectivity index (χ4n) is 2.89. The van der Waals surface area contributed by atoms with Crippen molar-refractivity contribution >= 4 is 11.6 Å². The molecule has 20 heavy (non-hydrogen) atoms. The summed E-state index contributed by atoms with van der Waals surface area (Å²) in [5.41, 5.74) is 2.62. The molecule has 0 bridgehead atoms. The summed E-state index contributed by atoms with van der Waals surface area (Å²) in [6.07, 6.45) is 2.85. The summed E-state index contributed by atoms with van der Waals surface area (Å²) >= 11 is 0. The van der Waals surface area contributed by atoms with Gasteiger partial charge in [-0.2, -0.15) is 0 Å². The first-order chi connectivity index (χ1) is 9.76. The lowest BCUT2D eigenvalue weighted by atomic mass is 10.0. The molecule has 1 atom stereocenters. The number of anilines is 1. The maximum atomic E-state index is 11.7. The maximum Gasteiger partial charge on any atom is 0.221 e. The van der Waals surface area contributed by atoms with Crippen molar-refractivity contribution < 1.29 is 4.79 Å². The summed E-state index contributed by atoms with van der Waals surface area (Å²) in [5, 5.41) is 6.27. The summed E-state index contributed by atoms with van der Waals surface area (Å²) in [6, 6.07) is 8.96. The topological polar surface area (TPSA) is 44.4 Å². The Bertz CT molecular complexity index is 447. The first-order valence-electron chi connectivity index (χ1n) is 7.54. The van der Waals surface area contributed by atoms with Gasteiger partial charge in [0.1, 0.15) is 0 Å². The molecule has 1 aliphatic heterocycles. The van der Waals surface area contributed by atoms with Crippen molar-refractivity contribution in [1.82, 2.24) is 10.6 Å². The highest BCUT2D eigenvalue weighted by atomic mass is 16.1. The largest absolute Gasteiger partial charge is 0.371 e. The lowest BCUT2D eigenvalue weighted by molar-refractivity contribution is -0.120. The average molecular weight is 275 g/mol. The molecule has 0 saturated carbocycles. The van der Waals surface area contributed by atoms with E-state index in [1.54, 1.807) is 0 Å². The number of amides is 1. The quantitative estimate of drug-likeness (QED) is 0.864. The molecule has 1 aromatic carbocycles. The van der Waals surface area contributed by atoms with Crippen molar-refractivity contribution in [2.75, 3.05) is 31.6 Å². The molecule has 1 unspecified atom stereocenters. The zero-order chi connectivity index (χ0) is 14.4. The van der Waals surface area contributed by atoms with E-state index in [9.17, 15) is 4.79 Å². The van der Waals surface area contributed by atoms with Crippen LogP contribution in [0.4, 0.5) is 5.69 Å². The predicted molar refractivity (Wildman–Crippen MR) is 83.0 cm³/mol. The second kappa shape index (κ2) is 7.29. The number of nitrogens with one attached hydrogen (secondary N) is 2. The molecule has 4 heteroatoms. The van der Waals surface area contributed by atoms with Gasteiger partial charge in [0.05, 0.1) is 0 Å². The van der Waals surface area contributed by atoms with Crippen LogP contribution in [0.2, 0.25) is 0 Å². The van der Waals surface area contributed by atoms with Crippen LogP contribution in [0.1, 0.15) is 37.8 Å². The molecule has 0 spiro atoms. The average Bonchev–Trinajstić information content (AvgIpc) is 2.64. The summed E-state index contributed by atoms with van der Waals surface area (Å²) in [7, 11) is 2.02. The molecule has 4 nitrogen and oxygen atoms in total. The summed E-state index contributed by atoms with van der Waals surface area (Å²) in [5.74, 6) is 0.138. The smallest absolute Gasteiger partial charge is 0.221 e. The Hall–Kier alpha value is -1.55. The van der Waals surface area contributed by atoms with Crippen LogP contribution >= 0.6 is 0 Å². The standard InChI is InChI=1S/C16H25N3O/c1-3-18-16(20)10-12-19-11-6-8-14(17-2)13-7-4-5-9-15(13)19/h4-5,7,9,14,17H,3,6,8,10-12H2,1-2H3,(H,18,20). The van der Waals surface area contributed by atoms with Gasteiger partial charge in [-0.15, -0.1) is 0 Å². The van der Waals surface area contributed by atoms with E-state index in [1.807, 2.05) is 14.0 Å². The normalized spacial score (nSPS) is 18.3. The van der Waals surface area contributed by atoms with Crippen LogP contribution in [0.25, 0.3) is 0 Å². The van der Waals surface area contributed by atoms with Gasteiger partial charge in [-0.25, -0.2) is 0 Å². The number of hydrogen-bond donors (Lipinski definition) is 2. The minimum absolute atomic E-state index is 0.138. The molecule has 0 fully saturated rings. The zero-order valence-corrected chi connectivity index (χ0v) is 12.5. The molecular weight excluding hydrogens is 250 g/mol. The number of carbonyl (C=O) groups excluding carboxylic acids is 1. The molecule has 0 aliphatic carbocycles. The zero-order valence-electron chi connectivity index (χ0n) is 12.5. The number of para-hydroxylation sites is 1. The molecule has 0 saturated heterocycles. The summed E-state index contributed by atoms with van der Waals surface area (Å²) in [4.78, 5) is 14.0. The van der Waals surface area contributed by atoms with Crippen LogP contribution in [0.5, 0.6) is 0 Å². The van der Waals surface area contributed by atoms with Crippen LogP contribution in [0, 0.1) is 0 Å². The summed E-state index contributed by atoms with van der Waals surface area (Å²) in [6.45, 7) is 4.47. The van der Waals surface area contributed by atoms with Gasteiger partial charge < -0.3 is 15.5 Å². The Morgan fingerprint density at radius 1 is 1.40 bits per heavy atom. The maximum absolute atomic E-state index is 11.7. The van der Waals surface area contributed by atoms with Crippen molar-refractivity contribution in [2.45, 2.75) is 32.2 Å². The van der Waals surface area contributed by atoms with E-state index in [0.29, 0.717) is 19.0 Å². The van der Waals surface area contributed by atoms with E-state index in [0.717, 1.165) is 25.9 Å². The number of rotatable bonds is 5. The number of nitrogens with zero attached hydrogens (tertiary/aromatic N) is 1. The Labute approximate surface area is 121 Å². The van der Waals surface area contributed by atoms with Gasteiger partial charge in [-0.1, -0.05) is 18.2 Å². The number of carbonyl (C=O) groups is 1. The van der Waals surface area contributed by atoms with E-state index in [2.05, 4.69) is 39.8 Å². The van der Waals surface area contributed by atoms with Crippen LogP contribution in [0.3, 0.4) is 0 Å². The minimum atomic E-state index is 0.138. The second-order valence-corrected chi connectivity index (χ2v) is 5.23. The van der Waals surface area contributed by atoms with E-state index in [1.165, 1.54) is 11.3 Å². The Balaban J connectivity index is 2.11. The van der Waals surface area contributed by atoms with Gasteiger partial charge in [0.2, 0.25) is 5.91 Å². The Kier molecular flexibility index (Phi) is 5.41. The molecule has 0 aromatic heterocycles. The Morgan fingerprint density at radius 3 is 2.95 bits per heavy atom. The van der Waals surface area contributed by atoms with Crippen LogP contribution in [-0.2, 0) is 4.79 Å². The van der Waals surface area contributed by atoms with Crippen molar-refractivity contribution in [3.63, 3.8) is 0 Å². The van der Waals surface area contributed by atoms with Gasteiger partial charge in [0, 0.05) is 37.8 Å². The Morgan fingerprint density at radius 2 is 2.20 bits per heavy atom. The SMILES string of the molecule is CCNC(=O)CCN1CCCC(NC)c2ccccc21. The summed E-state index contributed by atoms with van der Waals surface area (Å²) < 4.78 is 0. The molecule has 1 amide bonds. The van der Waals surface area contributed by atoms with Crippen molar-refractivity contribution in [1.29, 1.82) is 0 Å². The second-order valence-electron chi connectivity index (χ2n) is 5.23. The van der Waals surface area contributed by atoms with Crippen molar-refractivity contribution in [2.24, 2.45) is 0 Å². The first-order valence-corrected chi connectivity index (χ1v) is 7.54.